The molecule has 1 aromatic heterocycles. The summed E-state index contributed by atoms with van der Waals surface area (Å²) >= 11 is 6.20. The Balaban J connectivity index is 2.57. The summed E-state index contributed by atoms with van der Waals surface area (Å²) in [5.74, 6) is 1.41. The number of nitrogens with one attached hydrogen (secondary N) is 1. The molecule has 2 rings (SSSR count). The summed E-state index contributed by atoms with van der Waals surface area (Å²) < 4.78 is 0. The maximum atomic E-state index is 6.20. The third-order valence-corrected chi connectivity index (χ3v) is 3.30. The predicted molar refractivity (Wildman–Crippen MR) is 79.6 cm³/mol. The highest BCUT2D eigenvalue weighted by molar-refractivity contribution is 6.35. The van der Waals surface area contributed by atoms with Crippen LogP contribution in [0.25, 0.3) is 10.9 Å². The molecule has 0 fully saturated rings. The quantitative estimate of drug-likeness (QED) is 0.853. The zero-order valence-corrected chi connectivity index (χ0v) is 11.9. The van der Waals surface area contributed by atoms with E-state index in [1.165, 1.54) is 5.56 Å². The lowest BCUT2D eigenvalue weighted by molar-refractivity contribution is 0.856. The number of anilines is 1. The molecule has 0 saturated heterocycles. The van der Waals surface area contributed by atoms with Gasteiger partial charge in [0.1, 0.15) is 5.82 Å². The number of hydrogen-bond donors (Lipinski definition) is 1. The number of fused-ring (bicyclic) bond motifs is 1. The molecule has 0 aliphatic heterocycles. The molecule has 0 atom stereocenters. The van der Waals surface area contributed by atoms with E-state index in [9.17, 15) is 0 Å². The van der Waals surface area contributed by atoms with Crippen molar-refractivity contribution in [2.24, 2.45) is 0 Å². The lowest BCUT2D eigenvalue weighted by atomic mass is 10.0. The smallest absolute Gasteiger partial charge is 0.130 e. The molecule has 0 amide bonds. The van der Waals surface area contributed by atoms with Crippen LogP contribution in [0.15, 0.2) is 24.3 Å². The maximum Gasteiger partial charge on any atom is 0.130 e. The summed E-state index contributed by atoms with van der Waals surface area (Å²) in [5.41, 5.74) is 2.13. The first-order valence-electron chi connectivity index (χ1n) is 6.46. The van der Waals surface area contributed by atoms with Crippen molar-refractivity contribution < 1.29 is 0 Å². The molecule has 0 aliphatic rings. The normalized spacial score (nSPS) is 11.2. The molecule has 1 aromatic carbocycles. The largest absolute Gasteiger partial charge is 0.370 e. The summed E-state index contributed by atoms with van der Waals surface area (Å²) in [6, 6.07) is 8.10. The van der Waals surface area contributed by atoms with Crippen molar-refractivity contribution in [3.05, 3.63) is 34.9 Å². The minimum atomic E-state index is 0.445. The second-order valence-electron chi connectivity index (χ2n) is 4.82. The Morgan fingerprint density at radius 1 is 1.33 bits per heavy atom. The Morgan fingerprint density at radius 3 is 2.78 bits per heavy atom. The third-order valence-electron chi connectivity index (χ3n) is 2.99. The van der Waals surface area contributed by atoms with Crippen LogP contribution in [0.4, 0.5) is 5.82 Å². The predicted octanol–water partition coefficient (Wildman–Crippen LogP) is 4.83. The molecule has 0 saturated carbocycles. The van der Waals surface area contributed by atoms with Crippen molar-refractivity contribution in [3.8, 4) is 0 Å². The van der Waals surface area contributed by atoms with E-state index in [0.29, 0.717) is 10.9 Å². The Labute approximate surface area is 113 Å². The van der Waals surface area contributed by atoms with Gasteiger partial charge in [0.15, 0.2) is 0 Å². The molecule has 18 heavy (non-hydrogen) atoms. The lowest BCUT2D eigenvalue weighted by Crippen LogP contribution is -2.06. The topological polar surface area (TPSA) is 24.9 Å². The molecule has 1 N–H and O–H groups in total. The minimum absolute atomic E-state index is 0.445. The van der Waals surface area contributed by atoms with Crippen molar-refractivity contribution in [2.45, 2.75) is 33.1 Å². The monoisotopic (exact) mass is 262 g/mol. The van der Waals surface area contributed by atoms with E-state index in [4.69, 9.17) is 16.6 Å². The van der Waals surface area contributed by atoms with Crippen LogP contribution in [0.1, 0.15) is 38.7 Å². The molecular weight excluding hydrogens is 244 g/mol. The molecule has 0 bridgehead atoms. The minimum Gasteiger partial charge on any atom is -0.370 e. The van der Waals surface area contributed by atoms with Gasteiger partial charge in [0.25, 0.3) is 0 Å². The number of halogens is 1. The Morgan fingerprint density at radius 2 is 2.11 bits per heavy atom. The van der Waals surface area contributed by atoms with Gasteiger partial charge in [-0.25, -0.2) is 4.98 Å². The highest BCUT2D eigenvalue weighted by Gasteiger charge is 2.11. The van der Waals surface area contributed by atoms with E-state index in [0.717, 1.165) is 29.7 Å². The van der Waals surface area contributed by atoms with Crippen molar-refractivity contribution in [3.63, 3.8) is 0 Å². The number of para-hydroxylation sites is 1. The number of nitrogens with zero attached hydrogens (tertiary/aromatic N) is 1. The van der Waals surface area contributed by atoms with Crippen molar-refractivity contribution in [1.82, 2.24) is 4.98 Å². The molecule has 2 nitrogen and oxygen atoms in total. The molecule has 2 aromatic rings. The molecule has 3 heteroatoms. The SMILES string of the molecule is CCCNc1nc2c(Cl)cccc2cc1C(C)C. The van der Waals surface area contributed by atoms with E-state index in [1.807, 2.05) is 12.1 Å². The first-order valence-corrected chi connectivity index (χ1v) is 6.84. The fourth-order valence-corrected chi connectivity index (χ4v) is 2.23. The molecule has 0 unspecified atom stereocenters. The molecular formula is C15H19ClN2. The van der Waals surface area contributed by atoms with Crippen molar-refractivity contribution in [2.75, 3.05) is 11.9 Å². The van der Waals surface area contributed by atoms with Gasteiger partial charge in [-0.1, -0.05) is 44.5 Å². The second-order valence-corrected chi connectivity index (χ2v) is 5.23. The first-order chi connectivity index (χ1) is 8.63. The van der Waals surface area contributed by atoms with Crippen LogP contribution in [-0.2, 0) is 0 Å². The standard InChI is InChI=1S/C15H19ClN2/c1-4-8-17-15-12(10(2)3)9-11-6-5-7-13(16)14(11)18-15/h5-7,9-10H,4,8H2,1-3H3,(H,17,18). The second kappa shape index (κ2) is 5.57. The lowest BCUT2D eigenvalue weighted by Gasteiger charge is -2.15. The van der Waals surface area contributed by atoms with Crippen LogP contribution >= 0.6 is 11.6 Å². The molecule has 0 aliphatic carbocycles. The number of pyridine rings is 1. The van der Waals surface area contributed by atoms with Gasteiger partial charge in [-0.3, -0.25) is 0 Å². The summed E-state index contributed by atoms with van der Waals surface area (Å²) in [5, 5.41) is 5.21. The highest BCUT2D eigenvalue weighted by atomic mass is 35.5. The third kappa shape index (κ3) is 2.59. The fourth-order valence-electron chi connectivity index (χ4n) is 2.00. The maximum absolute atomic E-state index is 6.20. The molecule has 0 radical (unpaired) electrons. The van der Waals surface area contributed by atoms with Gasteiger partial charge in [0.2, 0.25) is 0 Å². The van der Waals surface area contributed by atoms with Crippen LogP contribution in [0.5, 0.6) is 0 Å². The molecule has 1 heterocycles. The van der Waals surface area contributed by atoms with Crippen LogP contribution in [0.2, 0.25) is 5.02 Å². The van der Waals surface area contributed by atoms with Gasteiger partial charge >= 0.3 is 0 Å². The van der Waals surface area contributed by atoms with E-state index in [-0.39, 0.29) is 0 Å². The van der Waals surface area contributed by atoms with Crippen LogP contribution in [0.3, 0.4) is 0 Å². The summed E-state index contributed by atoms with van der Waals surface area (Å²) in [7, 11) is 0. The Kier molecular flexibility index (Phi) is 4.07. The summed E-state index contributed by atoms with van der Waals surface area (Å²) in [4.78, 5) is 4.69. The first kappa shape index (κ1) is 13.2. The van der Waals surface area contributed by atoms with Gasteiger partial charge in [0, 0.05) is 11.9 Å². The van der Waals surface area contributed by atoms with Crippen LogP contribution in [0, 0.1) is 0 Å². The van der Waals surface area contributed by atoms with Gasteiger partial charge in [0.05, 0.1) is 10.5 Å². The average molecular weight is 263 g/mol. The van der Waals surface area contributed by atoms with Crippen LogP contribution < -0.4 is 5.32 Å². The zero-order valence-electron chi connectivity index (χ0n) is 11.1. The zero-order chi connectivity index (χ0) is 13.1. The Bertz CT molecular complexity index is 549. The number of benzene rings is 1. The van der Waals surface area contributed by atoms with Crippen molar-refractivity contribution >= 4 is 28.3 Å². The van der Waals surface area contributed by atoms with E-state index >= 15 is 0 Å². The molecule has 96 valence electrons. The summed E-state index contributed by atoms with van der Waals surface area (Å²) in [6.45, 7) is 7.45. The van der Waals surface area contributed by atoms with E-state index in [2.05, 4.69) is 38.2 Å². The molecule has 0 spiro atoms. The fraction of sp³-hybridized carbons (Fsp3) is 0.400. The van der Waals surface area contributed by atoms with E-state index in [1.54, 1.807) is 0 Å². The highest BCUT2D eigenvalue weighted by Crippen LogP contribution is 2.29. The van der Waals surface area contributed by atoms with Gasteiger partial charge in [-0.05, 0) is 30.0 Å². The average Bonchev–Trinajstić information content (AvgIpc) is 2.36. The van der Waals surface area contributed by atoms with Gasteiger partial charge in [-0.2, -0.15) is 0 Å². The van der Waals surface area contributed by atoms with Crippen LogP contribution in [-0.4, -0.2) is 11.5 Å². The van der Waals surface area contributed by atoms with Gasteiger partial charge in [-0.15, -0.1) is 0 Å². The number of rotatable bonds is 4. The van der Waals surface area contributed by atoms with Gasteiger partial charge < -0.3 is 5.32 Å². The van der Waals surface area contributed by atoms with E-state index < -0.39 is 0 Å². The number of hydrogen-bond acceptors (Lipinski definition) is 2. The number of aromatic nitrogens is 1. The van der Waals surface area contributed by atoms with Crippen molar-refractivity contribution in [1.29, 1.82) is 0 Å². The summed E-state index contributed by atoms with van der Waals surface area (Å²) in [6.07, 6.45) is 1.08. The Hall–Kier alpha value is -1.28.